The van der Waals surface area contributed by atoms with Gasteiger partial charge in [0.05, 0.1) is 0 Å². The first-order valence-electron chi connectivity index (χ1n) is 4.90. The third kappa shape index (κ3) is 4.70. The van der Waals surface area contributed by atoms with Crippen LogP contribution >= 0.6 is 0 Å². The zero-order chi connectivity index (χ0) is 11.3. The molecule has 2 nitrogen and oxygen atoms in total. The van der Waals surface area contributed by atoms with Crippen LogP contribution in [0.15, 0.2) is 30.8 Å². The van der Waals surface area contributed by atoms with Crippen molar-refractivity contribution in [2.75, 3.05) is 0 Å². The van der Waals surface area contributed by atoms with E-state index < -0.39 is 0 Å². The summed E-state index contributed by atoms with van der Waals surface area (Å²) in [5, 5.41) is 0. The van der Waals surface area contributed by atoms with E-state index in [1.54, 1.807) is 6.08 Å². The van der Waals surface area contributed by atoms with Gasteiger partial charge in [0.1, 0.15) is 5.75 Å². The lowest BCUT2D eigenvalue weighted by Crippen LogP contribution is -2.24. The predicted molar refractivity (Wildman–Crippen MR) is 63.8 cm³/mol. The van der Waals surface area contributed by atoms with Crippen molar-refractivity contribution in [2.45, 2.75) is 26.4 Å². The molecule has 0 aliphatic heterocycles. The first kappa shape index (κ1) is 11.9. The average Bonchev–Trinajstić information content (AvgIpc) is 2.17. The van der Waals surface area contributed by atoms with Crippen LogP contribution in [0.1, 0.15) is 26.3 Å². The van der Waals surface area contributed by atoms with E-state index in [2.05, 4.69) is 6.58 Å². The largest absolute Gasteiger partial charge is 0.572 e. The second-order valence-corrected chi connectivity index (χ2v) is 4.22. The summed E-state index contributed by atoms with van der Waals surface area (Å²) in [6, 6.07) is 7.62. The lowest BCUT2D eigenvalue weighted by molar-refractivity contribution is 0.118. The van der Waals surface area contributed by atoms with Crippen LogP contribution in [0, 0.1) is 0 Å². The lowest BCUT2D eigenvalue weighted by Gasteiger charge is -2.18. The minimum atomic E-state index is -0.221. The highest BCUT2D eigenvalue weighted by atomic mass is 16.6. The van der Waals surface area contributed by atoms with Gasteiger partial charge in [0, 0.05) is 5.60 Å². The lowest BCUT2D eigenvalue weighted by atomic mass is 10.1. The maximum Gasteiger partial charge on any atom is 0.572 e. The van der Waals surface area contributed by atoms with Gasteiger partial charge in [0.2, 0.25) is 0 Å². The monoisotopic (exact) mass is 203 g/mol. The highest BCUT2D eigenvalue weighted by molar-refractivity contribution is 6.19. The van der Waals surface area contributed by atoms with Crippen LogP contribution in [0.3, 0.4) is 0 Å². The Balaban J connectivity index is 2.41. The van der Waals surface area contributed by atoms with Crippen LogP contribution in [-0.2, 0) is 4.65 Å². The van der Waals surface area contributed by atoms with E-state index in [0.29, 0.717) is 0 Å². The molecule has 79 valence electrons. The van der Waals surface area contributed by atoms with E-state index >= 15 is 0 Å². The fourth-order valence-corrected chi connectivity index (χ4v) is 0.906. The van der Waals surface area contributed by atoms with Gasteiger partial charge in [-0.15, -0.1) is 0 Å². The molecule has 1 aromatic carbocycles. The van der Waals surface area contributed by atoms with Crippen LogP contribution in [0.4, 0.5) is 0 Å². The Bertz CT molecular complexity index is 311. The smallest absolute Gasteiger partial charge is 0.537 e. The van der Waals surface area contributed by atoms with Crippen LogP contribution in [0.25, 0.3) is 6.08 Å². The Labute approximate surface area is 92.2 Å². The molecule has 3 heteroatoms. The number of hydrogen-bond donors (Lipinski definition) is 0. The number of rotatable bonds is 4. The Kier molecular flexibility index (Phi) is 3.98. The molecule has 0 fully saturated rings. The maximum atomic E-state index is 5.32. The molecular weight excluding hydrogens is 187 g/mol. The minimum absolute atomic E-state index is 0.221. The van der Waals surface area contributed by atoms with Gasteiger partial charge in [-0.05, 0) is 38.5 Å². The highest BCUT2D eigenvalue weighted by Gasteiger charge is 2.12. The summed E-state index contributed by atoms with van der Waals surface area (Å²) in [6.45, 7) is 9.58. The van der Waals surface area contributed by atoms with Gasteiger partial charge >= 0.3 is 7.69 Å². The molecule has 0 saturated heterocycles. The van der Waals surface area contributed by atoms with E-state index in [1.165, 1.54) is 7.69 Å². The molecule has 0 aliphatic rings. The van der Waals surface area contributed by atoms with Crippen LogP contribution < -0.4 is 4.65 Å². The van der Waals surface area contributed by atoms with Gasteiger partial charge in [-0.2, -0.15) is 0 Å². The maximum absolute atomic E-state index is 5.32. The SMILES string of the molecule is C=Cc1ccc(O[B]OC(C)(C)C)cc1. The predicted octanol–water partition coefficient (Wildman–Crippen LogP) is 3.06. The standard InChI is InChI=1S/C12H16BO2/c1-5-10-6-8-11(9-7-10)14-13-15-12(2,3)4/h5-9H,1H2,2-4H3. The molecule has 1 rings (SSSR count). The fraction of sp³-hybridized carbons (Fsp3) is 0.333. The zero-order valence-electron chi connectivity index (χ0n) is 9.49. The van der Waals surface area contributed by atoms with E-state index in [0.717, 1.165) is 11.3 Å². The van der Waals surface area contributed by atoms with Crippen molar-refractivity contribution >= 4 is 13.8 Å². The number of benzene rings is 1. The average molecular weight is 203 g/mol. The van der Waals surface area contributed by atoms with Crippen LogP contribution in [0.5, 0.6) is 5.75 Å². The summed E-state index contributed by atoms with van der Waals surface area (Å²) in [5.41, 5.74) is 0.847. The molecule has 0 atom stereocenters. The first-order valence-corrected chi connectivity index (χ1v) is 4.90. The number of hydrogen-bond acceptors (Lipinski definition) is 2. The first-order chi connectivity index (χ1) is 7.01. The second-order valence-electron chi connectivity index (χ2n) is 4.22. The summed E-state index contributed by atoms with van der Waals surface area (Å²) in [4.78, 5) is 0. The molecule has 0 saturated carbocycles. The van der Waals surface area contributed by atoms with E-state index in [9.17, 15) is 0 Å². The van der Waals surface area contributed by atoms with E-state index in [-0.39, 0.29) is 5.60 Å². The minimum Gasteiger partial charge on any atom is -0.537 e. The van der Waals surface area contributed by atoms with Crippen molar-refractivity contribution in [2.24, 2.45) is 0 Å². The summed E-state index contributed by atoms with van der Waals surface area (Å²) >= 11 is 0. The molecule has 0 spiro atoms. The van der Waals surface area contributed by atoms with Gasteiger partial charge in [0.15, 0.2) is 0 Å². The van der Waals surface area contributed by atoms with Crippen molar-refractivity contribution < 1.29 is 9.31 Å². The Morgan fingerprint density at radius 2 is 1.80 bits per heavy atom. The second kappa shape index (κ2) is 5.03. The molecular formula is C12H16BO2. The van der Waals surface area contributed by atoms with Crippen molar-refractivity contribution in [1.82, 2.24) is 0 Å². The summed E-state index contributed by atoms with van der Waals surface area (Å²) in [6.07, 6.45) is 1.79. The quantitative estimate of drug-likeness (QED) is 0.700. The topological polar surface area (TPSA) is 18.5 Å². The van der Waals surface area contributed by atoms with Crippen molar-refractivity contribution in [3.05, 3.63) is 36.4 Å². The zero-order valence-corrected chi connectivity index (χ0v) is 9.49. The Morgan fingerprint density at radius 3 is 2.27 bits per heavy atom. The molecule has 0 amide bonds. The molecule has 0 bridgehead atoms. The summed E-state index contributed by atoms with van der Waals surface area (Å²) in [7, 11) is 1.36. The van der Waals surface area contributed by atoms with E-state index in [4.69, 9.17) is 9.31 Å². The van der Waals surface area contributed by atoms with Crippen molar-refractivity contribution in [3.63, 3.8) is 0 Å². The van der Waals surface area contributed by atoms with Gasteiger partial charge < -0.3 is 9.31 Å². The van der Waals surface area contributed by atoms with Gasteiger partial charge in [-0.25, -0.2) is 0 Å². The highest BCUT2D eigenvalue weighted by Crippen LogP contribution is 2.13. The fourth-order valence-electron chi connectivity index (χ4n) is 0.906. The van der Waals surface area contributed by atoms with Crippen molar-refractivity contribution in [3.8, 4) is 5.75 Å². The normalized spacial score (nSPS) is 10.9. The molecule has 1 radical (unpaired) electrons. The molecule has 0 aliphatic carbocycles. The third-order valence-electron chi connectivity index (χ3n) is 1.70. The third-order valence-corrected chi connectivity index (χ3v) is 1.70. The molecule has 15 heavy (non-hydrogen) atoms. The Morgan fingerprint density at radius 1 is 1.20 bits per heavy atom. The molecule has 0 heterocycles. The summed E-state index contributed by atoms with van der Waals surface area (Å²) < 4.78 is 10.6. The molecule has 1 aromatic rings. The van der Waals surface area contributed by atoms with Gasteiger partial charge in [-0.3, -0.25) is 0 Å². The molecule has 0 N–H and O–H groups in total. The van der Waals surface area contributed by atoms with Crippen LogP contribution in [0.2, 0.25) is 0 Å². The van der Waals surface area contributed by atoms with Crippen LogP contribution in [-0.4, -0.2) is 13.3 Å². The van der Waals surface area contributed by atoms with Gasteiger partial charge in [0.25, 0.3) is 0 Å². The van der Waals surface area contributed by atoms with Gasteiger partial charge in [-0.1, -0.05) is 24.8 Å². The molecule has 0 unspecified atom stereocenters. The summed E-state index contributed by atoms with van der Waals surface area (Å²) in [5.74, 6) is 0.754. The van der Waals surface area contributed by atoms with E-state index in [1.807, 2.05) is 45.0 Å². The Hall–Kier alpha value is -1.22. The molecule has 0 aromatic heterocycles. The van der Waals surface area contributed by atoms with Crippen molar-refractivity contribution in [1.29, 1.82) is 0 Å².